The predicted molar refractivity (Wildman–Crippen MR) is 91.0 cm³/mol. The summed E-state index contributed by atoms with van der Waals surface area (Å²) in [6.45, 7) is 1.62. The first kappa shape index (κ1) is 16.1. The van der Waals surface area contributed by atoms with Crippen LogP contribution < -0.4 is 4.74 Å². The number of halogens is 3. The molecule has 2 nitrogen and oxygen atoms in total. The zero-order chi connectivity index (χ0) is 17.6. The van der Waals surface area contributed by atoms with Crippen LogP contribution in [0.5, 0.6) is 11.5 Å². The number of ether oxygens (including phenoxy) is 1. The quantitative estimate of drug-likeness (QED) is 0.595. The summed E-state index contributed by atoms with van der Waals surface area (Å²) in [4.78, 5) is 3.22. The fourth-order valence-corrected chi connectivity index (χ4v) is 3.15. The van der Waals surface area contributed by atoms with Crippen molar-refractivity contribution in [1.82, 2.24) is 4.98 Å². The average Bonchev–Trinajstić information content (AvgIpc) is 3.28. The van der Waals surface area contributed by atoms with E-state index < -0.39 is 11.7 Å². The fourth-order valence-electron chi connectivity index (χ4n) is 3.15. The number of benzene rings is 2. The highest BCUT2D eigenvalue weighted by Crippen LogP contribution is 2.41. The summed E-state index contributed by atoms with van der Waals surface area (Å²) < 4.78 is 45.5. The van der Waals surface area contributed by atoms with Gasteiger partial charge in [-0.3, -0.25) is 0 Å². The van der Waals surface area contributed by atoms with Crippen molar-refractivity contribution in [3.63, 3.8) is 0 Å². The Labute approximate surface area is 143 Å². The van der Waals surface area contributed by atoms with Crippen molar-refractivity contribution in [1.29, 1.82) is 0 Å². The third-order valence-electron chi connectivity index (χ3n) is 4.68. The molecule has 2 aromatic carbocycles. The molecule has 0 aliphatic heterocycles. The van der Waals surface area contributed by atoms with Crippen molar-refractivity contribution in [2.45, 2.75) is 32.4 Å². The van der Waals surface area contributed by atoms with Crippen LogP contribution in [0.15, 0.2) is 42.6 Å². The van der Waals surface area contributed by atoms with E-state index in [1.165, 1.54) is 24.5 Å². The molecule has 0 amide bonds. The van der Waals surface area contributed by atoms with Crippen LogP contribution >= 0.6 is 0 Å². The van der Waals surface area contributed by atoms with Gasteiger partial charge in [0.25, 0.3) is 0 Å². The third kappa shape index (κ3) is 3.23. The molecule has 0 saturated heterocycles. The fraction of sp³-hybridized carbons (Fsp3) is 0.300. The second-order valence-electron chi connectivity index (χ2n) is 6.72. The van der Waals surface area contributed by atoms with Crippen molar-refractivity contribution >= 4 is 10.9 Å². The number of hydrogen-bond acceptors (Lipinski definition) is 1. The van der Waals surface area contributed by atoms with Crippen LogP contribution in [0.2, 0.25) is 0 Å². The number of aromatic nitrogens is 1. The summed E-state index contributed by atoms with van der Waals surface area (Å²) in [5, 5.41) is 1.02. The Kier molecular flexibility index (Phi) is 3.74. The second kappa shape index (κ2) is 5.83. The first-order valence-electron chi connectivity index (χ1n) is 8.36. The van der Waals surface area contributed by atoms with Gasteiger partial charge in [0.2, 0.25) is 0 Å². The number of H-pyrrole nitrogens is 1. The predicted octanol–water partition coefficient (Wildman–Crippen LogP) is 6.24. The van der Waals surface area contributed by atoms with Crippen molar-refractivity contribution < 1.29 is 17.9 Å². The molecule has 1 saturated carbocycles. The second-order valence-corrected chi connectivity index (χ2v) is 6.72. The lowest BCUT2D eigenvalue weighted by atomic mass is 10.1. The topological polar surface area (TPSA) is 25.0 Å². The van der Waals surface area contributed by atoms with Gasteiger partial charge in [0, 0.05) is 17.1 Å². The van der Waals surface area contributed by atoms with E-state index in [2.05, 4.69) is 4.98 Å². The van der Waals surface area contributed by atoms with E-state index >= 15 is 0 Å². The highest BCUT2D eigenvalue weighted by molar-refractivity contribution is 5.84. The molecule has 0 atom stereocenters. The summed E-state index contributed by atoms with van der Waals surface area (Å²) in [5.41, 5.74) is 1.88. The number of hydrogen-bond donors (Lipinski definition) is 1. The zero-order valence-corrected chi connectivity index (χ0v) is 13.8. The van der Waals surface area contributed by atoms with Gasteiger partial charge in [0.05, 0.1) is 5.56 Å². The van der Waals surface area contributed by atoms with Gasteiger partial charge in [-0.05, 0) is 67.5 Å². The average molecular weight is 345 g/mol. The Hall–Kier alpha value is -2.43. The first-order valence-corrected chi connectivity index (χ1v) is 8.36. The minimum Gasteiger partial charge on any atom is -0.456 e. The van der Waals surface area contributed by atoms with Gasteiger partial charge in [0.15, 0.2) is 0 Å². The van der Waals surface area contributed by atoms with E-state index in [1.807, 2.05) is 18.3 Å². The molecule has 0 bridgehead atoms. The maximum absolute atomic E-state index is 13.3. The summed E-state index contributed by atoms with van der Waals surface area (Å²) in [6, 6.07) is 9.46. The van der Waals surface area contributed by atoms with E-state index in [9.17, 15) is 13.2 Å². The Morgan fingerprint density at radius 3 is 2.68 bits per heavy atom. The summed E-state index contributed by atoms with van der Waals surface area (Å²) in [6.07, 6.45) is 1.04. The number of aromatic amines is 1. The monoisotopic (exact) mass is 345 g/mol. The van der Waals surface area contributed by atoms with Crippen molar-refractivity contribution in [3.8, 4) is 11.5 Å². The number of para-hydroxylation sites is 1. The molecule has 1 aliphatic carbocycles. The number of fused-ring (bicyclic) bond motifs is 1. The lowest BCUT2D eigenvalue weighted by molar-refractivity contribution is -0.138. The molecule has 0 spiro atoms. The molecular weight excluding hydrogens is 327 g/mol. The van der Waals surface area contributed by atoms with Crippen LogP contribution in [0.3, 0.4) is 0 Å². The van der Waals surface area contributed by atoms with E-state index in [1.54, 1.807) is 19.1 Å². The van der Waals surface area contributed by atoms with Gasteiger partial charge in [-0.25, -0.2) is 0 Å². The van der Waals surface area contributed by atoms with Crippen LogP contribution in [-0.4, -0.2) is 4.98 Å². The van der Waals surface area contributed by atoms with Crippen molar-refractivity contribution in [2.24, 2.45) is 5.92 Å². The molecule has 1 N–H and O–H groups in total. The Morgan fingerprint density at radius 1 is 1.16 bits per heavy atom. The van der Waals surface area contributed by atoms with Crippen molar-refractivity contribution in [3.05, 3.63) is 59.3 Å². The van der Waals surface area contributed by atoms with Gasteiger partial charge in [-0.1, -0.05) is 12.1 Å². The van der Waals surface area contributed by atoms with Crippen LogP contribution in [0.25, 0.3) is 10.9 Å². The van der Waals surface area contributed by atoms with Gasteiger partial charge in [-0.15, -0.1) is 0 Å². The number of rotatable bonds is 4. The Balaban J connectivity index is 1.71. The highest BCUT2D eigenvalue weighted by atomic mass is 19.4. The first-order chi connectivity index (χ1) is 11.9. The molecule has 1 heterocycles. The lowest BCUT2D eigenvalue weighted by Gasteiger charge is -2.16. The zero-order valence-electron chi connectivity index (χ0n) is 13.8. The Morgan fingerprint density at radius 2 is 1.96 bits per heavy atom. The largest absolute Gasteiger partial charge is 0.456 e. The normalized spacial score (nSPS) is 14.9. The van der Waals surface area contributed by atoms with Crippen molar-refractivity contribution in [2.75, 3.05) is 0 Å². The molecule has 130 valence electrons. The maximum Gasteiger partial charge on any atom is 0.419 e. The summed E-state index contributed by atoms with van der Waals surface area (Å²) in [7, 11) is 0. The minimum absolute atomic E-state index is 0.131. The van der Waals surface area contributed by atoms with Crippen LogP contribution in [0.4, 0.5) is 13.2 Å². The molecule has 1 fully saturated rings. The molecule has 1 aromatic heterocycles. The van der Waals surface area contributed by atoms with E-state index in [0.717, 1.165) is 29.3 Å². The Bertz CT molecular complexity index is 922. The molecule has 0 radical (unpaired) electrons. The highest BCUT2D eigenvalue weighted by Gasteiger charge is 2.35. The van der Waals surface area contributed by atoms with Gasteiger partial charge in [0.1, 0.15) is 11.5 Å². The SMILES string of the molecule is Cc1cccc(C(F)(F)F)c1Oc1ccc2[nH]cc(CC3CC3)c2c1. The number of aryl methyl sites for hydroxylation is 1. The van der Waals surface area contributed by atoms with Crippen LogP contribution in [0, 0.1) is 12.8 Å². The third-order valence-corrected chi connectivity index (χ3v) is 4.68. The van der Waals surface area contributed by atoms with Gasteiger partial charge >= 0.3 is 6.18 Å². The molecule has 5 heteroatoms. The van der Waals surface area contributed by atoms with Crippen LogP contribution in [0.1, 0.15) is 29.5 Å². The lowest BCUT2D eigenvalue weighted by Crippen LogP contribution is -2.08. The molecule has 0 unspecified atom stereocenters. The molecule has 3 aromatic rings. The minimum atomic E-state index is -4.45. The van der Waals surface area contributed by atoms with E-state index in [4.69, 9.17) is 4.74 Å². The van der Waals surface area contributed by atoms with Crippen LogP contribution in [-0.2, 0) is 12.6 Å². The summed E-state index contributed by atoms with van der Waals surface area (Å²) in [5.74, 6) is 1.02. The number of nitrogens with one attached hydrogen (secondary N) is 1. The van der Waals surface area contributed by atoms with E-state index in [-0.39, 0.29) is 5.75 Å². The number of alkyl halides is 3. The van der Waals surface area contributed by atoms with E-state index in [0.29, 0.717) is 11.3 Å². The maximum atomic E-state index is 13.3. The molecular formula is C20H18F3NO. The van der Waals surface area contributed by atoms with Gasteiger partial charge < -0.3 is 9.72 Å². The van der Waals surface area contributed by atoms with Gasteiger partial charge in [-0.2, -0.15) is 13.2 Å². The standard InChI is InChI=1S/C20H18F3NO/c1-12-3-2-4-17(20(21,22)23)19(12)25-15-7-8-18-16(10-15)14(11-24-18)9-13-5-6-13/h2-4,7-8,10-11,13,24H,5-6,9H2,1H3. The summed E-state index contributed by atoms with van der Waals surface area (Å²) >= 11 is 0. The molecule has 25 heavy (non-hydrogen) atoms. The smallest absolute Gasteiger partial charge is 0.419 e. The molecule has 4 rings (SSSR count). The molecule has 1 aliphatic rings.